The molecule has 1 aliphatic heterocycles. The van der Waals surface area contributed by atoms with Crippen molar-refractivity contribution in [2.75, 3.05) is 6.54 Å². The number of aromatic nitrogens is 4. The SMILES string of the molecule is O=C(NCCc1cnn(-c2ccccc2)c1)C1CCn2nccc2C1. The zero-order valence-corrected chi connectivity index (χ0v) is 14.0. The molecule has 1 unspecified atom stereocenters. The molecule has 25 heavy (non-hydrogen) atoms. The summed E-state index contributed by atoms with van der Waals surface area (Å²) in [5.74, 6) is 0.194. The predicted molar refractivity (Wildman–Crippen MR) is 94.3 cm³/mol. The number of carbonyl (C=O) groups excluding carboxylic acids is 1. The molecular formula is C19H21N5O. The van der Waals surface area contributed by atoms with Crippen molar-refractivity contribution in [3.8, 4) is 5.69 Å². The van der Waals surface area contributed by atoms with Gasteiger partial charge >= 0.3 is 0 Å². The first-order valence-electron chi connectivity index (χ1n) is 8.67. The summed E-state index contributed by atoms with van der Waals surface area (Å²) < 4.78 is 3.85. The van der Waals surface area contributed by atoms with Gasteiger partial charge in [-0.15, -0.1) is 0 Å². The lowest BCUT2D eigenvalue weighted by molar-refractivity contribution is -0.125. The third kappa shape index (κ3) is 3.47. The summed E-state index contributed by atoms with van der Waals surface area (Å²) in [4.78, 5) is 12.4. The molecule has 0 saturated carbocycles. The Bertz CT molecular complexity index is 852. The minimum Gasteiger partial charge on any atom is -0.356 e. The fourth-order valence-corrected chi connectivity index (χ4v) is 3.28. The van der Waals surface area contributed by atoms with Gasteiger partial charge in [-0.25, -0.2) is 4.68 Å². The van der Waals surface area contributed by atoms with Crippen LogP contribution in [0.15, 0.2) is 55.0 Å². The van der Waals surface area contributed by atoms with Crippen LogP contribution in [0.25, 0.3) is 5.69 Å². The molecule has 0 radical (unpaired) electrons. The lowest BCUT2D eigenvalue weighted by atomic mass is 9.95. The highest BCUT2D eigenvalue weighted by atomic mass is 16.1. The Morgan fingerprint density at radius 1 is 1.20 bits per heavy atom. The standard InChI is InChI=1S/C19H21N5O/c25-19(16-8-11-23-18(12-16)7-10-21-23)20-9-6-15-13-22-24(14-15)17-4-2-1-3-5-17/h1-5,7,10,13-14,16H,6,8-9,11-12H2,(H,20,25). The number of amides is 1. The van der Waals surface area contributed by atoms with Crippen LogP contribution in [-0.4, -0.2) is 32.0 Å². The fourth-order valence-electron chi connectivity index (χ4n) is 3.28. The van der Waals surface area contributed by atoms with Gasteiger partial charge in [0.25, 0.3) is 0 Å². The highest BCUT2D eigenvalue weighted by molar-refractivity contribution is 5.79. The van der Waals surface area contributed by atoms with E-state index in [4.69, 9.17) is 0 Å². The van der Waals surface area contributed by atoms with Gasteiger partial charge in [0.05, 0.1) is 11.9 Å². The third-order valence-corrected chi connectivity index (χ3v) is 4.69. The minimum atomic E-state index is 0.0521. The topological polar surface area (TPSA) is 64.7 Å². The average Bonchev–Trinajstić information content (AvgIpc) is 3.31. The first-order valence-corrected chi connectivity index (χ1v) is 8.67. The Hall–Kier alpha value is -2.89. The van der Waals surface area contributed by atoms with Crippen molar-refractivity contribution in [3.63, 3.8) is 0 Å². The molecule has 6 heteroatoms. The van der Waals surface area contributed by atoms with Gasteiger partial charge < -0.3 is 5.32 Å². The summed E-state index contributed by atoms with van der Waals surface area (Å²) in [7, 11) is 0. The summed E-state index contributed by atoms with van der Waals surface area (Å²) >= 11 is 0. The third-order valence-electron chi connectivity index (χ3n) is 4.69. The van der Waals surface area contributed by atoms with Gasteiger partial charge in [-0.05, 0) is 36.6 Å². The van der Waals surface area contributed by atoms with Gasteiger partial charge in [0.1, 0.15) is 0 Å². The molecule has 0 fully saturated rings. The number of nitrogens with zero attached hydrogens (tertiary/aromatic N) is 4. The zero-order valence-electron chi connectivity index (χ0n) is 14.0. The lowest BCUT2D eigenvalue weighted by Crippen LogP contribution is -2.36. The van der Waals surface area contributed by atoms with Crippen molar-refractivity contribution < 1.29 is 4.79 Å². The van der Waals surface area contributed by atoms with E-state index in [1.807, 2.05) is 58.2 Å². The van der Waals surface area contributed by atoms with Crippen LogP contribution in [0.3, 0.4) is 0 Å². The van der Waals surface area contributed by atoms with Gasteiger partial charge in [-0.2, -0.15) is 10.2 Å². The molecule has 0 saturated heterocycles. The van der Waals surface area contributed by atoms with Crippen LogP contribution in [0.2, 0.25) is 0 Å². The Labute approximate surface area is 146 Å². The number of fused-ring (bicyclic) bond motifs is 1. The maximum atomic E-state index is 12.4. The van der Waals surface area contributed by atoms with Gasteiger partial charge in [-0.1, -0.05) is 18.2 Å². The maximum absolute atomic E-state index is 12.4. The number of carbonyl (C=O) groups is 1. The molecule has 1 amide bonds. The molecule has 0 spiro atoms. The maximum Gasteiger partial charge on any atom is 0.223 e. The second-order valence-corrected chi connectivity index (χ2v) is 6.41. The van der Waals surface area contributed by atoms with Crippen molar-refractivity contribution >= 4 is 5.91 Å². The van der Waals surface area contributed by atoms with E-state index in [1.165, 1.54) is 0 Å². The molecule has 6 nitrogen and oxygen atoms in total. The molecule has 4 rings (SSSR count). The summed E-state index contributed by atoms with van der Waals surface area (Å²) in [5.41, 5.74) is 3.30. The van der Waals surface area contributed by atoms with Crippen LogP contribution in [0.1, 0.15) is 17.7 Å². The second kappa shape index (κ2) is 6.93. The van der Waals surface area contributed by atoms with Crippen LogP contribution >= 0.6 is 0 Å². The molecule has 1 N–H and O–H groups in total. The van der Waals surface area contributed by atoms with E-state index < -0.39 is 0 Å². The first-order chi connectivity index (χ1) is 12.3. The highest BCUT2D eigenvalue weighted by Gasteiger charge is 2.24. The minimum absolute atomic E-state index is 0.0521. The Morgan fingerprint density at radius 3 is 2.96 bits per heavy atom. The van der Waals surface area contributed by atoms with Crippen LogP contribution in [-0.2, 0) is 24.2 Å². The molecule has 3 heterocycles. The molecule has 2 aromatic heterocycles. The zero-order chi connectivity index (χ0) is 17.1. The van der Waals surface area contributed by atoms with E-state index in [2.05, 4.69) is 15.5 Å². The number of para-hydroxylation sites is 1. The average molecular weight is 335 g/mol. The first kappa shape index (κ1) is 15.6. The Balaban J connectivity index is 1.28. The number of aryl methyl sites for hydroxylation is 1. The summed E-state index contributed by atoms with van der Waals surface area (Å²) in [6.07, 6.45) is 8.09. The highest BCUT2D eigenvalue weighted by Crippen LogP contribution is 2.19. The smallest absolute Gasteiger partial charge is 0.223 e. The number of hydrogen-bond acceptors (Lipinski definition) is 3. The van der Waals surface area contributed by atoms with Gasteiger partial charge in [-0.3, -0.25) is 9.48 Å². The molecule has 0 bridgehead atoms. The molecule has 1 aliphatic rings. The molecule has 3 aromatic rings. The number of rotatable bonds is 5. The van der Waals surface area contributed by atoms with E-state index in [-0.39, 0.29) is 11.8 Å². The van der Waals surface area contributed by atoms with Crippen LogP contribution < -0.4 is 5.32 Å². The molecule has 0 aliphatic carbocycles. The van der Waals surface area contributed by atoms with Crippen LogP contribution in [0.4, 0.5) is 0 Å². The van der Waals surface area contributed by atoms with Crippen LogP contribution in [0, 0.1) is 5.92 Å². The second-order valence-electron chi connectivity index (χ2n) is 6.41. The van der Waals surface area contributed by atoms with Crippen molar-refractivity contribution in [1.29, 1.82) is 0 Å². The van der Waals surface area contributed by atoms with Gasteiger partial charge in [0, 0.05) is 43.5 Å². The summed E-state index contributed by atoms with van der Waals surface area (Å²) in [6, 6.07) is 12.0. The fraction of sp³-hybridized carbons (Fsp3) is 0.316. The largest absolute Gasteiger partial charge is 0.356 e. The predicted octanol–water partition coefficient (Wildman–Crippen LogP) is 1.99. The van der Waals surface area contributed by atoms with Gasteiger partial charge in [0.2, 0.25) is 5.91 Å². The van der Waals surface area contributed by atoms with Crippen molar-refractivity contribution in [3.05, 3.63) is 66.2 Å². The number of benzene rings is 1. The van der Waals surface area contributed by atoms with Gasteiger partial charge in [0.15, 0.2) is 0 Å². The normalized spacial score (nSPS) is 16.4. The number of nitrogens with one attached hydrogen (secondary N) is 1. The van der Waals surface area contributed by atoms with Crippen molar-refractivity contribution in [2.24, 2.45) is 5.92 Å². The van der Waals surface area contributed by atoms with Crippen molar-refractivity contribution in [2.45, 2.75) is 25.8 Å². The van der Waals surface area contributed by atoms with E-state index in [1.54, 1.807) is 6.20 Å². The van der Waals surface area contributed by atoms with Crippen LogP contribution in [0.5, 0.6) is 0 Å². The Kier molecular flexibility index (Phi) is 4.33. The lowest BCUT2D eigenvalue weighted by Gasteiger charge is -2.22. The van der Waals surface area contributed by atoms with E-state index in [0.29, 0.717) is 6.54 Å². The van der Waals surface area contributed by atoms with Crippen molar-refractivity contribution in [1.82, 2.24) is 24.9 Å². The van der Waals surface area contributed by atoms with E-state index in [9.17, 15) is 4.79 Å². The molecule has 128 valence electrons. The van der Waals surface area contributed by atoms with E-state index >= 15 is 0 Å². The van der Waals surface area contributed by atoms with E-state index in [0.717, 1.165) is 42.8 Å². The monoisotopic (exact) mass is 335 g/mol. The molecule has 1 aromatic carbocycles. The Morgan fingerprint density at radius 2 is 2.08 bits per heavy atom. The summed E-state index contributed by atoms with van der Waals surface area (Å²) in [5, 5.41) is 11.7. The summed E-state index contributed by atoms with van der Waals surface area (Å²) in [6.45, 7) is 1.46. The quantitative estimate of drug-likeness (QED) is 0.775. The molecular weight excluding hydrogens is 314 g/mol. The molecule has 1 atom stereocenters. The number of hydrogen-bond donors (Lipinski definition) is 1.